The van der Waals surface area contributed by atoms with Gasteiger partial charge in [0.15, 0.2) is 17.3 Å². The third-order valence-electron chi connectivity index (χ3n) is 5.15. The van der Waals surface area contributed by atoms with Gasteiger partial charge in [0.1, 0.15) is 12.2 Å². The fourth-order valence-electron chi connectivity index (χ4n) is 3.33. The average Bonchev–Trinajstić information content (AvgIpc) is 3.31. The van der Waals surface area contributed by atoms with Gasteiger partial charge in [0.2, 0.25) is 0 Å². The number of non-ortho nitro benzene ring substituents is 1. The standard InChI is InChI=1S/C25H18ClN3O8/c1-35-21-9-15(8-19(26)23(21)36-13-14-2-4-16(5-3-14)25(31)32)12-27-28-24(30)22-11-17-10-18(29(33)34)6-7-20(17)37-22/h2-12H,13H2,1H3,(H,28,30)(H,31,32)/b27-12-. The van der Waals surface area contributed by atoms with E-state index in [1.165, 1.54) is 49.7 Å². The highest BCUT2D eigenvalue weighted by Crippen LogP contribution is 2.36. The molecular weight excluding hydrogens is 506 g/mol. The van der Waals surface area contributed by atoms with Crippen LogP contribution >= 0.6 is 11.6 Å². The van der Waals surface area contributed by atoms with E-state index < -0.39 is 16.8 Å². The number of carboxylic acid groups (broad SMARTS) is 1. The number of benzene rings is 3. The molecule has 0 spiro atoms. The maximum absolute atomic E-state index is 12.4. The molecule has 0 unspecified atom stereocenters. The molecule has 0 fully saturated rings. The molecule has 11 nitrogen and oxygen atoms in total. The van der Waals surface area contributed by atoms with Crippen molar-refractivity contribution in [3.63, 3.8) is 0 Å². The van der Waals surface area contributed by atoms with Crippen LogP contribution in [0, 0.1) is 10.1 Å². The minimum atomic E-state index is -1.02. The first-order valence-corrected chi connectivity index (χ1v) is 11.0. The zero-order valence-corrected chi connectivity index (χ0v) is 19.9. The predicted octanol–water partition coefficient (Wildman–Crippen LogP) is 5.04. The summed E-state index contributed by atoms with van der Waals surface area (Å²) in [4.78, 5) is 33.8. The summed E-state index contributed by atoms with van der Waals surface area (Å²) in [7, 11) is 1.44. The number of aromatic carboxylic acids is 1. The van der Waals surface area contributed by atoms with Crippen molar-refractivity contribution in [1.82, 2.24) is 5.43 Å². The second-order valence-electron chi connectivity index (χ2n) is 7.61. The molecule has 4 rings (SSSR count). The number of nitrogens with one attached hydrogen (secondary N) is 1. The number of furan rings is 1. The Balaban J connectivity index is 1.43. The second kappa shape index (κ2) is 10.8. The number of methoxy groups -OCH3 is 1. The summed E-state index contributed by atoms with van der Waals surface area (Å²) in [5, 5.41) is 24.5. The lowest BCUT2D eigenvalue weighted by Gasteiger charge is -2.13. The zero-order valence-electron chi connectivity index (χ0n) is 19.1. The Morgan fingerprint density at radius 2 is 1.92 bits per heavy atom. The van der Waals surface area contributed by atoms with Gasteiger partial charge >= 0.3 is 11.9 Å². The van der Waals surface area contributed by atoms with E-state index in [9.17, 15) is 19.7 Å². The Morgan fingerprint density at radius 3 is 2.59 bits per heavy atom. The number of fused-ring (bicyclic) bond motifs is 1. The van der Waals surface area contributed by atoms with Crippen molar-refractivity contribution in [3.8, 4) is 11.5 Å². The molecule has 2 N–H and O–H groups in total. The van der Waals surface area contributed by atoms with Gasteiger partial charge in [0.25, 0.3) is 5.69 Å². The van der Waals surface area contributed by atoms with Crippen LogP contribution in [0.15, 0.2) is 70.2 Å². The average molecular weight is 524 g/mol. The van der Waals surface area contributed by atoms with Crippen LogP contribution < -0.4 is 14.9 Å². The Kier molecular flexibility index (Phi) is 7.35. The molecule has 1 heterocycles. The summed E-state index contributed by atoms with van der Waals surface area (Å²) in [6.07, 6.45) is 1.34. The van der Waals surface area contributed by atoms with Crippen LogP contribution in [0.25, 0.3) is 11.0 Å². The molecule has 0 aliphatic heterocycles. The van der Waals surface area contributed by atoms with Crippen molar-refractivity contribution in [2.24, 2.45) is 5.10 Å². The second-order valence-corrected chi connectivity index (χ2v) is 8.02. The number of rotatable bonds is 9. The summed E-state index contributed by atoms with van der Waals surface area (Å²) in [6, 6.07) is 14.8. The van der Waals surface area contributed by atoms with Gasteiger partial charge in [-0.25, -0.2) is 10.2 Å². The Labute approximate surface area is 214 Å². The first-order valence-electron chi connectivity index (χ1n) is 10.6. The summed E-state index contributed by atoms with van der Waals surface area (Å²) in [5.41, 5.74) is 3.93. The van der Waals surface area contributed by atoms with E-state index >= 15 is 0 Å². The Hall–Kier alpha value is -4.90. The number of hydrogen-bond donors (Lipinski definition) is 2. The summed E-state index contributed by atoms with van der Waals surface area (Å²) in [6.45, 7) is 0.125. The molecule has 0 atom stereocenters. The molecule has 0 saturated carbocycles. The van der Waals surface area contributed by atoms with E-state index in [4.69, 9.17) is 30.6 Å². The van der Waals surface area contributed by atoms with Crippen LogP contribution in [-0.4, -0.2) is 35.2 Å². The lowest BCUT2D eigenvalue weighted by atomic mass is 10.1. The fourth-order valence-corrected chi connectivity index (χ4v) is 3.60. The Morgan fingerprint density at radius 1 is 1.16 bits per heavy atom. The lowest BCUT2D eigenvalue weighted by molar-refractivity contribution is -0.384. The molecule has 1 amide bonds. The fraction of sp³-hybridized carbons (Fsp3) is 0.0800. The summed E-state index contributed by atoms with van der Waals surface area (Å²) >= 11 is 6.37. The van der Waals surface area contributed by atoms with Crippen LogP contribution in [0.4, 0.5) is 5.69 Å². The van der Waals surface area contributed by atoms with Gasteiger partial charge in [-0.15, -0.1) is 0 Å². The number of ether oxygens (including phenoxy) is 2. The van der Waals surface area contributed by atoms with Gasteiger partial charge in [-0.1, -0.05) is 23.7 Å². The van der Waals surface area contributed by atoms with Crippen molar-refractivity contribution in [3.05, 3.63) is 98.3 Å². The Bertz CT molecular complexity index is 1530. The third-order valence-corrected chi connectivity index (χ3v) is 5.43. The molecule has 188 valence electrons. The van der Waals surface area contributed by atoms with E-state index in [-0.39, 0.29) is 34.4 Å². The number of hydrogen-bond acceptors (Lipinski definition) is 8. The number of nitro benzene ring substituents is 1. The van der Waals surface area contributed by atoms with Gasteiger partial charge in [-0.3, -0.25) is 14.9 Å². The number of nitrogens with zero attached hydrogens (tertiary/aromatic N) is 2. The van der Waals surface area contributed by atoms with Gasteiger partial charge in [-0.2, -0.15) is 5.10 Å². The number of carboxylic acids is 1. The third kappa shape index (κ3) is 5.85. The highest BCUT2D eigenvalue weighted by molar-refractivity contribution is 6.32. The van der Waals surface area contributed by atoms with Gasteiger partial charge < -0.3 is 19.0 Å². The highest BCUT2D eigenvalue weighted by atomic mass is 35.5. The maximum Gasteiger partial charge on any atom is 0.335 e. The first-order chi connectivity index (χ1) is 17.7. The SMILES string of the molecule is COc1cc(/C=N\NC(=O)c2cc3cc([N+](=O)[O-])ccc3o2)cc(Cl)c1OCc1ccc(C(=O)O)cc1. The number of carbonyl (C=O) groups is 2. The number of hydrazone groups is 1. The van der Waals surface area contributed by atoms with E-state index in [2.05, 4.69) is 10.5 Å². The summed E-state index contributed by atoms with van der Waals surface area (Å²) < 4.78 is 16.6. The van der Waals surface area contributed by atoms with Crippen LogP contribution in [0.2, 0.25) is 5.02 Å². The molecule has 0 aliphatic carbocycles. The molecule has 0 bridgehead atoms. The molecular formula is C25H18ClN3O8. The molecule has 0 aliphatic rings. The maximum atomic E-state index is 12.4. The summed E-state index contributed by atoms with van der Waals surface area (Å²) in [5.74, 6) is -1.13. The number of nitro groups is 1. The van der Waals surface area contributed by atoms with E-state index in [0.717, 1.165) is 5.56 Å². The largest absolute Gasteiger partial charge is 0.493 e. The molecule has 3 aromatic carbocycles. The van der Waals surface area contributed by atoms with Gasteiger partial charge in [-0.05, 0) is 47.5 Å². The molecule has 12 heteroatoms. The van der Waals surface area contributed by atoms with Crippen molar-refractivity contribution in [2.75, 3.05) is 7.11 Å². The van der Waals surface area contributed by atoms with Crippen LogP contribution in [-0.2, 0) is 6.61 Å². The van der Waals surface area contributed by atoms with Crippen LogP contribution in [0.1, 0.15) is 32.0 Å². The normalized spacial score (nSPS) is 11.0. The quantitative estimate of drug-likeness (QED) is 0.175. The molecule has 37 heavy (non-hydrogen) atoms. The number of halogens is 1. The predicted molar refractivity (Wildman–Crippen MR) is 134 cm³/mol. The monoisotopic (exact) mass is 523 g/mol. The van der Waals surface area contributed by atoms with E-state index in [1.807, 2.05) is 0 Å². The number of amides is 1. The smallest absolute Gasteiger partial charge is 0.335 e. The van der Waals surface area contributed by atoms with Gasteiger partial charge in [0.05, 0.1) is 28.8 Å². The van der Waals surface area contributed by atoms with E-state index in [1.54, 1.807) is 24.3 Å². The number of carbonyl (C=O) groups excluding carboxylic acids is 1. The molecule has 4 aromatic rings. The van der Waals surface area contributed by atoms with Crippen molar-refractivity contribution >= 4 is 46.3 Å². The van der Waals surface area contributed by atoms with Gasteiger partial charge in [0, 0.05) is 17.5 Å². The minimum Gasteiger partial charge on any atom is -0.493 e. The molecule has 0 saturated heterocycles. The highest BCUT2D eigenvalue weighted by Gasteiger charge is 2.15. The molecule has 0 radical (unpaired) electrons. The zero-order chi connectivity index (χ0) is 26.5. The van der Waals surface area contributed by atoms with Crippen LogP contribution in [0.5, 0.6) is 11.5 Å². The first kappa shape index (κ1) is 25.2. The van der Waals surface area contributed by atoms with Crippen molar-refractivity contribution in [1.29, 1.82) is 0 Å². The minimum absolute atomic E-state index is 0.0663. The van der Waals surface area contributed by atoms with E-state index in [0.29, 0.717) is 22.3 Å². The van der Waals surface area contributed by atoms with Crippen LogP contribution in [0.3, 0.4) is 0 Å². The van der Waals surface area contributed by atoms with Crippen molar-refractivity contribution in [2.45, 2.75) is 6.61 Å². The van der Waals surface area contributed by atoms with Crippen molar-refractivity contribution < 1.29 is 33.5 Å². The molecule has 1 aromatic heterocycles. The topological polar surface area (TPSA) is 154 Å². The lowest BCUT2D eigenvalue weighted by Crippen LogP contribution is -2.16.